The summed E-state index contributed by atoms with van der Waals surface area (Å²) in [7, 11) is 0. The summed E-state index contributed by atoms with van der Waals surface area (Å²) in [6, 6.07) is 17.5. The van der Waals surface area contributed by atoms with Crippen LogP contribution in [0.5, 0.6) is 0 Å². The van der Waals surface area contributed by atoms with Crippen LogP contribution in [0.3, 0.4) is 0 Å². The molecule has 0 saturated heterocycles. The van der Waals surface area contributed by atoms with Crippen molar-refractivity contribution < 1.29 is 4.79 Å². The van der Waals surface area contributed by atoms with Gasteiger partial charge in [0.25, 0.3) is 5.91 Å². The van der Waals surface area contributed by atoms with Crippen LogP contribution in [0.15, 0.2) is 54.6 Å². The van der Waals surface area contributed by atoms with Crippen LogP contribution in [0.1, 0.15) is 27.3 Å². The topological polar surface area (TPSA) is 46.9 Å². The van der Waals surface area contributed by atoms with Crippen molar-refractivity contribution in [3.63, 3.8) is 0 Å². The molecule has 1 N–H and O–H groups in total. The van der Waals surface area contributed by atoms with E-state index in [1.165, 1.54) is 5.56 Å². The minimum atomic E-state index is -0.0751. The van der Waals surface area contributed by atoms with Crippen LogP contribution in [-0.2, 0) is 6.42 Å². The van der Waals surface area contributed by atoms with Crippen LogP contribution >= 0.6 is 11.6 Å². The van der Waals surface area contributed by atoms with E-state index in [2.05, 4.69) is 22.5 Å². The molecule has 3 rings (SSSR count). The maximum Gasteiger partial charge on any atom is 0.251 e. The van der Waals surface area contributed by atoms with Gasteiger partial charge >= 0.3 is 0 Å². The average molecular weight is 354 g/mol. The molecule has 1 heterocycles. The number of halogens is 1. The molecule has 128 valence electrons. The van der Waals surface area contributed by atoms with E-state index in [1.807, 2.05) is 44.2 Å². The van der Waals surface area contributed by atoms with Gasteiger partial charge in [0.15, 0.2) is 0 Å². The van der Waals surface area contributed by atoms with Gasteiger partial charge in [-0.2, -0.15) is 5.10 Å². The van der Waals surface area contributed by atoms with Gasteiger partial charge in [0.2, 0.25) is 0 Å². The molecule has 1 amide bonds. The van der Waals surface area contributed by atoms with Gasteiger partial charge in [0.05, 0.1) is 22.1 Å². The molecule has 0 unspecified atom stereocenters. The highest BCUT2D eigenvalue weighted by molar-refractivity contribution is 6.31. The maximum absolute atomic E-state index is 12.3. The number of carbonyl (C=O) groups excluding carboxylic acids is 1. The standard InChI is InChI=1S/C20H20ClN3O/c1-14-19(21)15(2)24(23-14)18-10-8-17(9-11-18)20(25)22-13-12-16-6-4-3-5-7-16/h3-11H,12-13H2,1-2H3,(H,22,25). The van der Waals surface area contributed by atoms with E-state index in [1.54, 1.807) is 16.8 Å². The van der Waals surface area contributed by atoms with E-state index in [0.717, 1.165) is 23.5 Å². The van der Waals surface area contributed by atoms with Crippen molar-refractivity contribution in [2.45, 2.75) is 20.3 Å². The fraction of sp³-hybridized carbons (Fsp3) is 0.200. The summed E-state index contributed by atoms with van der Waals surface area (Å²) in [6.45, 7) is 4.41. The summed E-state index contributed by atoms with van der Waals surface area (Å²) in [5, 5.41) is 8.04. The average Bonchev–Trinajstić information content (AvgIpc) is 2.90. The molecule has 3 aromatic rings. The molecule has 0 atom stereocenters. The van der Waals surface area contributed by atoms with Crippen molar-refractivity contribution in [2.24, 2.45) is 0 Å². The summed E-state index contributed by atoms with van der Waals surface area (Å²) in [4.78, 5) is 12.3. The zero-order chi connectivity index (χ0) is 17.8. The highest BCUT2D eigenvalue weighted by Crippen LogP contribution is 2.22. The van der Waals surface area contributed by atoms with Crippen molar-refractivity contribution >= 4 is 17.5 Å². The number of aromatic nitrogens is 2. The van der Waals surface area contributed by atoms with Crippen LogP contribution in [0.25, 0.3) is 5.69 Å². The molecule has 0 spiro atoms. The number of rotatable bonds is 5. The fourth-order valence-electron chi connectivity index (χ4n) is 2.70. The van der Waals surface area contributed by atoms with E-state index in [4.69, 9.17) is 11.6 Å². The first-order valence-electron chi connectivity index (χ1n) is 8.20. The minimum absolute atomic E-state index is 0.0751. The van der Waals surface area contributed by atoms with Crippen molar-refractivity contribution in [3.05, 3.63) is 82.1 Å². The van der Waals surface area contributed by atoms with Gasteiger partial charge in [-0.25, -0.2) is 4.68 Å². The van der Waals surface area contributed by atoms with Gasteiger partial charge in [0.1, 0.15) is 0 Å². The third-order valence-corrected chi connectivity index (χ3v) is 4.67. The van der Waals surface area contributed by atoms with Crippen molar-refractivity contribution in [1.29, 1.82) is 0 Å². The van der Waals surface area contributed by atoms with Gasteiger partial charge in [-0.3, -0.25) is 4.79 Å². The SMILES string of the molecule is Cc1nn(-c2ccc(C(=O)NCCc3ccccc3)cc2)c(C)c1Cl. The van der Waals surface area contributed by atoms with Crippen LogP contribution in [0, 0.1) is 13.8 Å². The number of aryl methyl sites for hydroxylation is 1. The molecule has 0 aliphatic carbocycles. The molecule has 0 fully saturated rings. The van der Waals surface area contributed by atoms with Crippen molar-refractivity contribution in [2.75, 3.05) is 6.54 Å². The van der Waals surface area contributed by atoms with E-state index < -0.39 is 0 Å². The van der Waals surface area contributed by atoms with E-state index in [0.29, 0.717) is 17.1 Å². The predicted molar refractivity (Wildman–Crippen MR) is 101 cm³/mol. The number of nitrogens with one attached hydrogen (secondary N) is 1. The molecule has 0 radical (unpaired) electrons. The highest BCUT2D eigenvalue weighted by Gasteiger charge is 2.11. The number of hydrogen-bond donors (Lipinski definition) is 1. The van der Waals surface area contributed by atoms with Crippen LogP contribution in [-0.4, -0.2) is 22.2 Å². The Labute approximate surface area is 152 Å². The Morgan fingerprint density at radius 3 is 2.36 bits per heavy atom. The zero-order valence-electron chi connectivity index (χ0n) is 14.3. The van der Waals surface area contributed by atoms with Crippen molar-refractivity contribution in [1.82, 2.24) is 15.1 Å². The molecule has 0 bridgehead atoms. The monoisotopic (exact) mass is 353 g/mol. The summed E-state index contributed by atoms with van der Waals surface area (Å²) in [5.74, 6) is -0.0751. The Morgan fingerprint density at radius 1 is 1.08 bits per heavy atom. The maximum atomic E-state index is 12.3. The first kappa shape index (κ1) is 17.2. The Morgan fingerprint density at radius 2 is 1.76 bits per heavy atom. The Hall–Kier alpha value is -2.59. The Bertz CT molecular complexity index is 870. The molecule has 0 saturated carbocycles. The van der Waals surface area contributed by atoms with Gasteiger partial charge in [-0.05, 0) is 50.1 Å². The smallest absolute Gasteiger partial charge is 0.251 e. The third kappa shape index (κ3) is 3.91. The molecule has 2 aromatic carbocycles. The molecular weight excluding hydrogens is 334 g/mol. The Balaban J connectivity index is 1.63. The second kappa shape index (κ2) is 7.53. The third-order valence-electron chi connectivity index (χ3n) is 4.12. The summed E-state index contributed by atoms with van der Waals surface area (Å²) >= 11 is 6.19. The number of nitrogens with zero attached hydrogens (tertiary/aromatic N) is 2. The predicted octanol–water partition coefficient (Wildman–Crippen LogP) is 4.12. The molecule has 0 aliphatic heterocycles. The normalized spacial score (nSPS) is 10.7. The number of carbonyl (C=O) groups is 1. The lowest BCUT2D eigenvalue weighted by Crippen LogP contribution is -2.25. The van der Waals surface area contributed by atoms with E-state index in [9.17, 15) is 4.79 Å². The van der Waals surface area contributed by atoms with Gasteiger partial charge in [0, 0.05) is 12.1 Å². The van der Waals surface area contributed by atoms with E-state index in [-0.39, 0.29) is 5.91 Å². The molecule has 4 nitrogen and oxygen atoms in total. The lowest BCUT2D eigenvalue weighted by Gasteiger charge is -2.08. The molecular formula is C20H20ClN3O. The molecule has 0 aliphatic rings. The second-order valence-electron chi connectivity index (χ2n) is 5.93. The minimum Gasteiger partial charge on any atom is -0.352 e. The van der Waals surface area contributed by atoms with Crippen molar-refractivity contribution in [3.8, 4) is 5.69 Å². The van der Waals surface area contributed by atoms with E-state index >= 15 is 0 Å². The van der Waals surface area contributed by atoms with Gasteiger partial charge in [-0.1, -0.05) is 41.9 Å². The second-order valence-corrected chi connectivity index (χ2v) is 6.31. The fourth-order valence-corrected chi connectivity index (χ4v) is 2.81. The molecule has 25 heavy (non-hydrogen) atoms. The number of amides is 1. The number of benzene rings is 2. The first-order valence-corrected chi connectivity index (χ1v) is 8.58. The van der Waals surface area contributed by atoms with Crippen LogP contribution < -0.4 is 5.32 Å². The van der Waals surface area contributed by atoms with Gasteiger partial charge < -0.3 is 5.32 Å². The summed E-state index contributed by atoms with van der Waals surface area (Å²) < 4.78 is 1.79. The largest absolute Gasteiger partial charge is 0.352 e. The summed E-state index contributed by atoms with van der Waals surface area (Å²) in [5.41, 5.74) is 4.40. The van der Waals surface area contributed by atoms with Gasteiger partial charge in [-0.15, -0.1) is 0 Å². The highest BCUT2D eigenvalue weighted by atomic mass is 35.5. The first-order chi connectivity index (χ1) is 12.1. The quantitative estimate of drug-likeness (QED) is 0.750. The van der Waals surface area contributed by atoms with Crippen LogP contribution in [0.4, 0.5) is 0 Å². The molecule has 1 aromatic heterocycles. The molecule has 5 heteroatoms. The lowest BCUT2D eigenvalue weighted by atomic mass is 10.1. The van der Waals surface area contributed by atoms with Crippen LogP contribution in [0.2, 0.25) is 5.02 Å². The number of hydrogen-bond acceptors (Lipinski definition) is 2. The lowest BCUT2D eigenvalue weighted by molar-refractivity contribution is 0.0954. The summed E-state index contributed by atoms with van der Waals surface area (Å²) in [6.07, 6.45) is 0.814. The zero-order valence-corrected chi connectivity index (χ0v) is 15.0. The Kier molecular flexibility index (Phi) is 5.19.